The van der Waals surface area contributed by atoms with Crippen LogP contribution in [0.3, 0.4) is 0 Å². The molecule has 0 bridgehead atoms. The van der Waals surface area contributed by atoms with Crippen LogP contribution in [-0.2, 0) is 0 Å². The van der Waals surface area contributed by atoms with Gasteiger partial charge in [-0.1, -0.05) is 6.07 Å². The lowest BCUT2D eigenvalue weighted by Gasteiger charge is -2.18. The minimum absolute atomic E-state index is 0.287. The van der Waals surface area contributed by atoms with Gasteiger partial charge in [0.05, 0.1) is 11.1 Å². The second-order valence-corrected chi connectivity index (χ2v) is 4.37. The largest absolute Gasteiger partial charge is 0.478 e. The number of pyridine rings is 1. The third-order valence-corrected chi connectivity index (χ3v) is 3.04. The van der Waals surface area contributed by atoms with Gasteiger partial charge in [-0.3, -0.25) is 0 Å². The van der Waals surface area contributed by atoms with Crippen LogP contribution in [0.1, 0.15) is 10.4 Å². The van der Waals surface area contributed by atoms with Crippen LogP contribution in [0.5, 0.6) is 0 Å². The van der Waals surface area contributed by atoms with E-state index in [9.17, 15) is 4.79 Å². The molecule has 2 rings (SSSR count). The summed E-state index contributed by atoms with van der Waals surface area (Å²) in [5.74, 6) is -0.0889. The van der Waals surface area contributed by atoms with Gasteiger partial charge < -0.3 is 15.3 Å². The molecule has 0 saturated carbocycles. The fraction of sp³-hybridized carbons (Fsp3) is 0.286. The molecule has 0 saturated heterocycles. The Bertz CT molecular complexity index is 598. The Morgan fingerprint density at radius 2 is 2.16 bits per heavy atom. The molecule has 0 atom stereocenters. The molecule has 0 unspecified atom stereocenters. The molecule has 2 aromatic rings. The molecule has 100 valence electrons. The van der Waals surface area contributed by atoms with E-state index >= 15 is 0 Å². The molecule has 2 N–H and O–H groups in total. The van der Waals surface area contributed by atoms with Crippen molar-refractivity contribution >= 4 is 22.7 Å². The summed E-state index contributed by atoms with van der Waals surface area (Å²) in [4.78, 5) is 17.7. The lowest BCUT2D eigenvalue weighted by molar-refractivity contribution is 0.0699. The standard InChI is InChI=1S/C14H17N3O2/c1-15-8-9-17(2)13-7-6-10-11(14(18)19)4-3-5-12(10)16-13/h3-7,15H,8-9H2,1-2H3,(H,18,19). The molecule has 0 amide bonds. The molecular weight excluding hydrogens is 242 g/mol. The second-order valence-electron chi connectivity index (χ2n) is 4.37. The van der Waals surface area contributed by atoms with Crippen LogP contribution in [-0.4, -0.2) is 43.2 Å². The van der Waals surface area contributed by atoms with Gasteiger partial charge in [-0.15, -0.1) is 0 Å². The van der Waals surface area contributed by atoms with E-state index in [4.69, 9.17) is 5.11 Å². The topological polar surface area (TPSA) is 65.5 Å². The first kappa shape index (κ1) is 13.3. The molecule has 1 heterocycles. The minimum Gasteiger partial charge on any atom is -0.478 e. The number of anilines is 1. The maximum absolute atomic E-state index is 11.1. The molecule has 0 aliphatic rings. The van der Waals surface area contributed by atoms with Crippen molar-refractivity contribution in [3.8, 4) is 0 Å². The van der Waals surface area contributed by atoms with Crippen LogP contribution in [0.15, 0.2) is 30.3 Å². The van der Waals surface area contributed by atoms with E-state index in [1.807, 2.05) is 37.2 Å². The van der Waals surface area contributed by atoms with E-state index in [2.05, 4.69) is 10.3 Å². The van der Waals surface area contributed by atoms with Crippen LogP contribution in [0.25, 0.3) is 10.9 Å². The maximum atomic E-state index is 11.1. The van der Waals surface area contributed by atoms with E-state index in [0.29, 0.717) is 10.9 Å². The van der Waals surface area contributed by atoms with Crippen molar-refractivity contribution in [2.45, 2.75) is 0 Å². The number of hydrogen-bond acceptors (Lipinski definition) is 4. The zero-order valence-corrected chi connectivity index (χ0v) is 11.1. The number of nitrogens with one attached hydrogen (secondary N) is 1. The quantitative estimate of drug-likeness (QED) is 0.853. The summed E-state index contributed by atoms with van der Waals surface area (Å²) < 4.78 is 0. The highest BCUT2D eigenvalue weighted by Gasteiger charge is 2.10. The zero-order chi connectivity index (χ0) is 13.8. The average Bonchev–Trinajstić information content (AvgIpc) is 2.43. The predicted molar refractivity (Wildman–Crippen MR) is 75.9 cm³/mol. The average molecular weight is 259 g/mol. The van der Waals surface area contributed by atoms with Crippen molar-refractivity contribution in [1.29, 1.82) is 0 Å². The second kappa shape index (κ2) is 5.67. The van der Waals surface area contributed by atoms with E-state index in [0.717, 1.165) is 18.9 Å². The van der Waals surface area contributed by atoms with E-state index < -0.39 is 5.97 Å². The van der Waals surface area contributed by atoms with Crippen molar-refractivity contribution in [2.75, 3.05) is 32.1 Å². The SMILES string of the molecule is CNCCN(C)c1ccc2c(C(=O)O)cccc2n1. The molecule has 5 nitrogen and oxygen atoms in total. The Balaban J connectivity index is 2.39. The van der Waals surface area contributed by atoms with Crippen molar-refractivity contribution in [3.63, 3.8) is 0 Å². The number of carboxylic acids is 1. The monoisotopic (exact) mass is 259 g/mol. The molecule has 19 heavy (non-hydrogen) atoms. The normalized spacial score (nSPS) is 10.6. The predicted octanol–water partition coefficient (Wildman–Crippen LogP) is 1.59. The smallest absolute Gasteiger partial charge is 0.336 e. The van der Waals surface area contributed by atoms with Crippen LogP contribution in [0.4, 0.5) is 5.82 Å². The van der Waals surface area contributed by atoms with Crippen molar-refractivity contribution in [3.05, 3.63) is 35.9 Å². The summed E-state index contributed by atoms with van der Waals surface area (Å²) in [6, 6.07) is 8.81. The summed E-state index contributed by atoms with van der Waals surface area (Å²) >= 11 is 0. The van der Waals surface area contributed by atoms with Gasteiger partial charge in [0.1, 0.15) is 5.82 Å². The Kier molecular flexibility index (Phi) is 3.97. The summed E-state index contributed by atoms with van der Waals surface area (Å²) in [5.41, 5.74) is 0.989. The van der Waals surface area contributed by atoms with Crippen molar-refractivity contribution in [2.24, 2.45) is 0 Å². The molecule has 0 aliphatic carbocycles. The van der Waals surface area contributed by atoms with Crippen LogP contribution < -0.4 is 10.2 Å². The number of rotatable bonds is 5. The van der Waals surface area contributed by atoms with Gasteiger partial charge in [-0.2, -0.15) is 0 Å². The molecule has 1 aromatic carbocycles. The number of benzene rings is 1. The number of carbonyl (C=O) groups is 1. The molecule has 5 heteroatoms. The van der Waals surface area contributed by atoms with Gasteiger partial charge >= 0.3 is 5.97 Å². The highest BCUT2D eigenvalue weighted by molar-refractivity contribution is 6.02. The number of aromatic carboxylic acids is 1. The Labute approximate surface area is 111 Å². The number of fused-ring (bicyclic) bond motifs is 1. The van der Waals surface area contributed by atoms with Crippen molar-refractivity contribution < 1.29 is 9.90 Å². The van der Waals surface area contributed by atoms with Gasteiger partial charge in [-0.25, -0.2) is 9.78 Å². The Hall–Kier alpha value is -2.14. The van der Waals surface area contributed by atoms with E-state index in [1.54, 1.807) is 12.1 Å². The van der Waals surface area contributed by atoms with E-state index in [1.165, 1.54) is 0 Å². The first-order chi connectivity index (χ1) is 9.13. The number of nitrogens with zero attached hydrogens (tertiary/aromatic N) is 2. The third kappa shape index (κ3) is 2.82. The number of carboxylic acid groups (broad SMARTS) is 1. The first-order valence-electron chi connectivity index (χ1n) is 6.12. The van der Waals surface area contributed by atoms with Crippen molar-refractivity contribution in [1.82, 2.24) is 10.3 Å². The van der Waals surface area contributed by atoms with Gasteiger partial charge in [-0.05, 0) is 31.3 Å². The number of aromatic nitrogens is 1. The van der Waals surface area contributed by atoms with Crippen LogP contribution in [0.2, 0.25) is 0 Å². The fourth-order valence-corrected chi connectivity index (χ4v) is 1.94. The Morgan fingerprint density at radius 3 is 2.84 bits per heavy atom. The molecular formula is C14H17N3O2. The van der Waals surface area contributed by atoms with Gasteiger partial charge in [0, 0.05) is 25.5 Å². The molecule has 0 spiro atoms. The highest BCUT2D eigenvalue weighted by Crippen LogP contribution is 2.20. The molecule has 0 fully saturated rings. The summed E-state index contributed by atoms with van der Waals surface area (Å²) in [5, 5.41) is 12.9. The van der Waals surface area contributed by atoms with Gasteiger partial charge in [0.15, 0.2) is 0 Å². The lowest BCUT2D eigenvalue weighted by atomic mass is 10.1. The molecule has 0 aliphatic heterocycles. The van der Waals surface area contributed by atoms with Crippen LogP contribution >= 0.6 is 0 Å². The molecule has 1 aromatic heterocycles. The molecule has 0 radical (unpaired) electrons. The highest BCUT2D eigenvalue weighted by atomic mass is 16.4. The van der Waals surface area contributed by atoms with Gasteiger partial charge in [0.2, 0.25) is 0 Å². The summed E-state index contributed by atoms with van der Waals surface area (Å²) in [6.45, 7) is 1.71. The van der Waals surface area contributed by atoms with Crippen LogP contribution in [0, 0.1) is 0 Å². The van der Waals surface area contributed by atoms with E-state index in [-0.39, 0.29) is 5.56 Å². The summed E-state index contributed by atoms with van der Waals surface area (Å²) in [7, 11) is 3.87. The number of hydrogen-bond donors (Lipinski definition) is 2. The fourth-order valence-electron chi connectivity index (χ4n) is 1.94. The maximum Gasteiger partial charge on any atom is 0.336 e. The summed E-state index contributed by atoms with van der Waals surface area (Å²) in [6.07, 6.45) is 0. The minimum atomic E-state index is -0.927. The third-order valence-electron chi connectivity index (χ3n) is 3.04. The Morgan fingerprint density at radius 1 is 1.37 bits per heavy atom. The van der Waals surface area contributed by atoms with Gasteiger partial charge in [0.25, 0.3) is 0 Å². The first-order valence-corrected chi connectivity index (χ1v) is 6.12. The lowest BCUT2D eigenvalue weighted by Crippen LogP contribution is -2.27. The zero-order valence-electron chi connectivity index (χ0n) is 11.1. The number of likely N-dealkylation sites (N-methyl/N-ethyl adjacent to an activating group) is 2.